The first-order valence-electron chi connectivity index (χ1n) is 5.98. The molecule has 84 valence electrons. The molecule has 2 atom stereocenters. The van der Waals surface area contributed by atoms with Crippen molar-refractivity contribution < 1.29 is 0 Å². The molecule has 0 aliphatic heterocycles. The van der Waals surface area contributed by atoms with E-state index in [0.29, 0.717) is 18.0 Å². The van der Waals surface area contributed by atoms with Crippen LogP contribution in [-0.2, 0) is 0 Å². The van der Waals surface area contributed by atoms with E-state index in [2.05, 4.69) is 43.6 Å². The summed E-state index contributed by atoms with van der Waals surface area (Å²) in [5.41, 5.74) is 0. The topological polar surface area (TPSA) is 12.0 Å². The minimum atomic E-state index is 0.609. The van der Waals surface area contributed by atoms with E-state index in [1.54, 1.807) is 0 Å². The monoisotopic (exact) mass is 223 g/mol. The van der Waals surface area contributed by atoms with Gasteiger partial charge in [0.1, 0.15) is 0 Å². The van der Waals surface area contributed by atoms with Gasteiger partial charge in [-0.25, -0.2) is 0 Å². The quantitative estimate of drug-likeness (QED) is 0.800. The number of hydrogen-bond donors (Lipinski definition) is 1. The van der Waals surface area contributed by atoms with Gasteiger partial charge >= 0.3 is 0 Å². The number of hydrogen-bond acceptors (Lipinski definition) is 2. The standard InChI is InChI=1S/C13H21NS/c1-9(2)10(3)14-13(11-6-7-11)12-5-4-8-15-12/h4-5,8-11,13-14H,6-7H2,1-3H3. The molecule has 1 aliphatic carbocycles. The molecule has 0 radical (unpaired) electrons. The van der Waals surface area contributed by atoms with Crippen molar-refractivity contribution in [2.45, 2.75) is 45.7 Å². The van der Waals surface area contributed by atoms with E-state index in [-0.39, 0.29) is 0 Å². The van der Waals surface area contributed by atoms with Crippen LogP contribution in [0, 0.1) is 11.8 Å². The summed E-state index contributed by atoms with van der Waals surface area (Å²) in [6, 6.07) is 5.66. The predicted molar refractivity (Wildman–Crippen MR) is 67.2 cm³/mol. The number of thiophene rings is 1. The van der Waals surface area contributed by atoms with Crippen LogP contribution in [0.25, 0.3) is 0 Å². The van der Waals surface area contributed by atoms with Crippen molar-refractivity contribution in [3.8, 4) is 0 Å². The van der Waals surface area contributed by atoms with Crippen molar-refractivity contribution in [3.05, 3.63) is 22.4 Å². The van der Waals surface area contributed by atoms with E-state index < -0.39 is 0 Å². The molecule has 1 aromatic heterocycles. The molecule has 1 aromatic rings. The fraction of sp³-hybridized carbons (Fsp3) is 0.692. The van der Waals surface area contributed by atoms with Crippen molar-refractivity contribution in [1.82, 2.24) is 5.32 Å². The Labute approximate surface area is 96.9 Å². The van der Waals surface area contributed by atoms with E-state index >= 15 is 0 Å². The third-order valence-electron chi connectivity index (χ3n) is 3.39. The molecule has 2 unspecified atom stereocenters. The molecular formula is C13H21NS. The number of nitrogens with one attached hydrogen (secondary N) is 1. The fourth-order valence-corrected chi connectivity index (χ4v) is 2.70. The highest BCUT2D eigenvalue weighted by Gasteiger charge is 2.33. The minimum Gasteiger partial charge on any atom is -0.306 e. The molecule has 2 rings (SSSR count). The van der Waals surface area contributed by atoms with Gasteiger partial charge in [-0.1, -0.05) is 19.9 Å². The highest BCUT2D eigenvalue weighted by atomic mass is 32.1. The maximum atomic E-state index is 3.79. The first-order chi connectivity index (χ1) is 7.18. The van der Waals surface area contributed by atoms with Crippen LogP contribution in [0.15, 0.2) is 17.5 Å². The van der Waals surface area contributed by atoms with Gasteiger partial charge in [0.05, 0.1) is 0 Å². The van der Waals surface area contributed by atoms with Gasteiger partial charge < -0.3 is 5.32 Å². The first-order valence-corrected chi connectivity index (χ1v) is 6.86. The van der Waals surface area contributed by atoms with Gasteiger partial charge in [0, 0.05) is 17.0 Å². The summed E-state index contributed by atoms with van der Waals surface area (Å²) < 4.78 is 0. The molecule has 0 aromatic carbocycles. The van der Waals surface area contributed by atoms with Crippen LogP contribution in [0.2, 0.25) is 0 Å². The SMILES string of the molecule is CC(C)C(C)NC(c1cccs1)C1CC1. The van der Waals surface area contributed by atoms with Gasteiger partial charge in [-0.05, 0) is 43.0 Å². The number of rotatable bonds is 5. The second kappa shape index (κ2) is 4.67. The lowest BCUT2D eigenvalue weighted by molar-refractivity contribution is 0.358. The van der Waals surface area contributed by atoms with Gasteiger partial charge in [0.25, 0.3) is 0 Å². The van der Waals surface area contributed by atoms with Crippen molar-refractivity contribution in [2.75, 3.05) is 0 Å². The Morgan fingerprint density at radius 2 is 2.07 bits per heavy atom. The molecule has 1 N–H and O–H groups in total. The van der Waals surface area contributed by atoms with E-state index in [4.69, 9.17) is 0 Å². The molecule has 1 heterocycles. The Morgan fingerprint density at radius 1 is 1.33 bits per heavy atom. The predicted octanol–water partition coefficient (Wildman–Crippen LogP) is 3.83. The molecule has 1 fully saturated rings. The lowest BCUT2D eigenvalue weighted by Crippen LogP contribution is -2.34. The largest absolute Gasteiger partial charge is 0.306 e. The summed E-state index contributed by atoms with van der Waals surface area (Å²) in [7, 11) is 0. The summed E-state index contributed by atoms with van der Waals surface area (Å²) in [6.45, 7) is 6.87. The molecule has 1 aliphatic rings. The zero-order valence-corrected chi connectivity index (χ0v) is 10.7. The fourth-order valence-electron chi connectivity index (χ4n) is 1.82. The summed E-state index contributed by atoms with van der Waals surface area (Å²) in [5.74, 6) is 1.61. The summed E-state index contributed by atoms with van der Waals surface area (Å²) in [4.78, 5) is 1.52. The van der Waals surface area contributed by atoms with Crippen LogP contribution in [-0.4, -0.2) is 6.04 Å². The van der Waals surface area contributed by atoms with Crippen LogP contribution >= 0.6 is 11.3 Å². The van der Waals surface area contributed by atoms with Crippen LogP contribution in [0.4, 0.5) is 0 Å². The minimum absolute atomic E-state index is 0.609. The Morgan fingerprint density at radius 3 is 2.53 bits per heavy atom. The Hall–Kier alpha value is -0.340. The highest BCUT2D eigenvalue weighted by molar-refractivity contribution is 7.10. The Balaban J connectivity index is 2.01. The van der Waals surface area contributed by atoms with Crippen molar-refractivity contribution in [1.29, 1.82) is 0 Å². The average Bonchev–Trinajstić information content (AvgIpc) is 2.89. The molecule has 0 amide bonds. The Kier molecular flexibility index (Phi) is 3.47. The van der Waals surface area contributed by atoms with Crippen LogP contribution in [0.3, 0.4) is 0 Å². The van der Waals surface area contributed by atoms with Crippen molar-refractivity contribution in [3.63, 3.8) is 0 Å². The second-order valence-corrected chi connectivity index (χ2v) is 6.01. The van der Waals surface area contributed by atoms with Gasteiger partial charge in [0.2, 0.25) is 0 Å². The van der Waals surface area contributed by atoms with Crippen LogP contribution in [0.5, 0.6) is 0 Å². The molecule has 1 saturated carbocycles. The van der Waals surface area contributed by atoms with Gasteiger partial charge in [-0.3, -0.25) is 0 Å². The van der Waals surface area contributed by atoms with Gasteiger partial charge in [0.15, 0.2) is 0 Å². The summed E-state index contributed by atoms with van der Waals surface area (Å²) >= 11 is 1.89. The molecule has 0 bridgehead atoms. The summed E-state index contributed by atoms with van der Waals surface area (Å²) in [5, 5.41) is 5.98. The molecule has 15 heavy (non-hydrogen) atoms. The third kappa shape index (κ3) is 2.82. The Bertz CT molecular complexity index is 287. The molecule has 0 spiro atoms. The van der Waals surface area contributed by atoms with Crippen LogP contribution < -0.4 is 5.32 Å². The third-order valence-corrected chi connectivity index (χ3v) is 4.34. The first kappa shape index (κ1) is 11.2. The van der Waals surface area contributed by atoms with E-state index in [1.165, 1.54) is 17.7 Å². The lowest BCUT2D eigenvalue weighted by atomic mass is 10.0. The van der Waals surface area contributed by atoms with Crippen molar-refractivity contribution in [2.24, 2.45) is 11.8 Å². The zero-order chi connectivity index (χ0) is 10.8. The lowest BCUT2D eigenvalue weighted by Gasteiger charge is -2.25. The normalized spacial score (nSPS) is 20.5. The molecule has 2 heteroatoms. The van der Waals surface area contributed by atoms with Gasteiger partial charge in [-0.15, -0.1) is 11.3 Å². The molecule has 0 saturated heterocycles. The highest BCUT2D eigenvalue weighted by Crippen LogP contribution is 2.42. The second-order valence-electron chi connectivity index (χ2n) is 5.03. The summed E-state index contributed by atoms with van der Waals surface area (Å²) in [6.07, 6.45) is 2.81. The molecular weight excluding hydrogens is 202 g/mol. The van der Waals surface area contributed by atoms with Crippen molar-refractivity contribution >= 4 is 11.3 Å². The van der Waals surface area contributed by atoms with E-state index in [0.717, 1.165) is 5.92 Å². The van der Waals surface area contributed by atoms with Gasteiger partial charge in [-0.2, -0.15) is 0 Å². The average molecular weight is 223 g/mol. The molecule has 1 nitrogen and oxygen atoms in total. The van der Waals surface area contributed by atoms with E-state index in [9.17, 15) is 0 Å². The maximum absolute atomic E-state index is 3.79. The van der Waals surface area contributed by atoms with Crippen LogP contribution in [0.1, 0.15) is 44.5 Å². The van der Waals surface area contributed by atoms with E-state index in [1.807, 2.05) is 11.3 Å². The maximum Gasteiger partial charge on any atom is 0.0445 e. The zero-order valence-electron chi connectivity index (χ0n) is 9.86. The smallest absolute Gasteiger partial charge is 0.0445 e.